The van der Waals surface area contributed by atoms with Gasteiger partial charge in [0, 0.05) is 37.3 Å². The Morgan fingerprint density at radius 1 is 1.00 bits per heavy atom. The van der Waals surface area contributed by atoms with E-state index < -0.39 is 28.4 Å². The van der Waals surface area contributed by atoms with Crippen molar-refractivity contribution in [2.24, 2.45) is 5.92 Å². The molecule has 29 heavy (non-hydrogen) atoms. The number of likely N-dealkylation sites (tertiary alicyclic amines) is 1. The number of carbonyl (C=O) groups excluding carboxylic acids is 2. The zero-order valence-electron chi connectivity index (χ0n) is 15.5. The predicted molar refractivity (Wildman–Crippen MR) is 103 cm³/mol. The molecule has 5 rings (SSSR count). The summed E-state index contributed by atoms with van der Waals surface area (Å²) in [5.41, 5.74) is 0.969. The number of fused-ring (bicyclic) bond motifs is 5. The Morgan fingerprint density at radius 3 is 2.59 bits per heavy atom. The van der Waals surface area contributed by atoms with Crippen molar-refractivity contribution in [1.29, 1.82) is 0 Å². The van der Waals surface area contributed by atoms with Crippen molar-refractivity contribution in [2.45, 2.75) is 23.8 Å². The van der Waals surface area contributed by atoms with Crippen molar-refractivity contribution in [2.75, 3.05) is 19.6 Å². The van der Waals surface area contributed by atoms with Crippen LogP contribution in [0.15, 0.2) is 52.2 Å². The summed E-state index contributed by atoms with van der Waals surface area (Å²) >= 11 is 0. The number of hydrogen-bond acceptors (Lipinski definition) is 5. The smallest absolute Gasteiger partial charge is 0.269 e. The molecule has 0 N–H and O–H groups in total. The number of rotatable bonds is 2. The molecule has 0 spiro atoms. The van der Waals surface area contributed by atoms with Crippen LogP contribution in [-0.4, -0.2) is 53.6 Å². The van der Waals surface area contributed by atoms with Gasteiger partial charge in [0.25, 0.3) is 21.5 Å². The first-order valence-corrected chi connectivity index (χ1v) is 10.9. The number of sulfonamides is 1. The second-order valence-corrected chi connectivity index (χ2v) is 9.64. The molecule has 0 aliphatic carbocycles. The summed E-state index contributed by atoms with van der Waals surface area (Å²) in [6.07, 6.45) is 0.889. The van der Waals surface area contributed by atoms with Gasteiger partial charge in [-0.2, -0.15) is 0 Å². The van der Waals surface area contributed by atoms with Gasteiger partial charge in [-0.3, -0.25) is 14.4 Å². The third kappa shape index (κ3) is 2.71. The van der Waals surface area contributed by atoms with Crippen LogP contribution in [0, 0.1) is 5.92 Å². The number of nitrogens with zero attached hydrogens (tertiary/aromatic N) is 3. The molecule has 3 aliphatic rings. The molecule has 0 unspecified atom stereocenters. The highest BCUT2D eigenvalue weighted by Crippen LogP contribution is 2.35. The lowest BCUT2D eigenvalue weighted by Crippen LogP contribution is -2.51. The van der Waals surface area contributed by atoms with Gasteiger partial charge in [-0.15, -0.1) is 0 Å². The van der Waals surface area contributed by atoms with Gasteiger partial charge in [0.15, 0.2) is 0 Å². The van der Waals surface area contributed by atoms with Crippen LogP contribution in [-0.2, 0) is 21.4 Å². The first-order chi connectivity index (χ1) is 13.9. The fraction of sp³-hybridized carbons (Fsp3) is 0.350. The molecule has 9 heteroatoms. The number of hydrogen-bond donors (Lipinski definition) is 0. The van der Waals surface area contributed by atoms with Crippen LogP contribution in [0.2, 0.25) is 0 Å². The lowest BCUT2D eigenvalue weighted by molar-refractivity contribution is -0.133. The molecule has 3 aliphatic heterocycles. The molecule has 8 nitrogen and oxygen atoms in total. The Labute approximate surface area is 167 Å². The third-order valence-electron chi connectivity index (χ3n) is 6.02. The van der Waals surface area contributed by atoms with Gasteiger partial charge in [-0.05, 0) is 30.5 Å². The van der Waals surface area contributed by atoms with E-state index in [1.165, 1.54) is 18.2 Å². The first kappa shape index (κ1) is 18.1. The van der Waals surface area contributed by atoms with Crippen LogP contribution >= 0.6 is 0 Å². The standard InChI is InChI=1S/C20H19N3O5S/c24-18-7-3-5-16-14-8-13(10-22(16)18)9-21(11-14)19(25)12-23-20(26)15-4-1-2-6-17(15)29(23,27)28/h1-7,13-14H,8-12H2/t13-,14-/m1/s1. The maximum Gasteiger partial charge on any atom is 0.269 e. The number of piperidine rings is 1. The number of aromatic nitrogens is 1. The maximum absolute atomic E-state index is 12.9. The van der Waals surface area contributed by atoms with Crippen LogP contribution in [0.3, 0.4) is 0 Å². The molecule has 1 aromatic heterocycles. The minimum Gasteiger partial charge on any atom is -0.340 e. The van der Waals surface area contributed by atoms with Crippen molar-refractivity contribution in [3.05, 3.63) is 64.1 Å². The highest BCUT2D eigenvalue weighted by molar-refractivity contribution is 7.90. The first-order valence-electron chi connectivity index (χ1n) is 9.50. The average molecular weight is 413 g/mol. The second-order valence-electron chi connectivity index (χ2n) is 7.81. The van der Waals surface area contributed by atoms with Crippen LogP contribution < -0.4 is 5.56 Å². The third-order valence-corrected chi connectivity index (χ3v) is 7.81. The second kappa shape index (κ2) is 6.28. The molecule has 0 saturated carbocycles. The molecule has 2 amide bonds. The molecular formula is C20H19N3O5S. The molecule has 2 bridgehead atoms. The van der Waals surface area contributed by atoms with Crippen LogP contribution in [0.4, 0.5) is 0 Å². The lowest BCUT2D eigenvalue weighted by Gasteiger charge is -2.43. The van der Waals surface area contributed by atoms with Gasteiger partial charge in [0.05, 0.1) is 5.56 Å². The van der Waals surface area contributed by atoms with E-state index in [1.54, 1.807) is 27.7 Å². The van der Waals surface area contributed by atoms with E-state index in [9.17, 15) is 22.8 Å². The molecule has 2 atom stereocenters. The highest BCUT2D eigenvalue weighted by Gasteiger charge is 2.43. The van der Waals surface area contributed by atoms with Crippen LogP contribution in [0.25, 0.3) is 0 Å². The minimum atomic E-state index is -4.01. The fourth-order valence-corrected chi connectivity index (χ4v) is 6.23. The molecule has 150 valence electrons. The summed E-state index contributed by atoms with van der Waals surface area (Å²) in [4.78, 5) is 39.2. The molecule has 4 heterocycles. The molecule has 2 aromatic rings. The maximum atomic E-state index is 12.9. The van der Waals surface area contributed by atoms with Crippen molar-refractivity contribution < 1.29 is 18.0 Å². The average Bonchev–Trinajstić information content (AvgIpc) is 2.90. The Hall–Kier alpha value is -2.94. The summed E-state index contributed by atoms with van der Waals surface area (Å²) in [6, 6.07) is 11.2. The summed E-state index contributed by atoms with van der Waals surface area (Å²) < 4.78 is 27.9. The predicted octanol–water partition coefficient (Wildman–Crippen LogP) is 0.639. The van der Waals surface area contributed by atoms with Crippen molar-refractivity contribution in [1.82, 2.24) is 13.8 Å². The van der Waals surface area contributed by atoms with Crippen molar-refractivity contribution in [3.8, 4) is 0 Å². The van der Waals surface area contributed by atoms with E-state index in [2.05, 4.69) is 0 Å². The van der Waals surface area contributed by atoms with Gasteiger partial charge < -0.3 is 9.47 Å². The fourth-order valence-electron chi connectivity index (χ4n) is 4.71. The number of amides is 2. The number of benzene rings is 1. The topological polar surface area (TPSA) is 96.8 Å². The summed E-state index contributed by atoms with van der Waals surface area (Å²) in [5, 5.41) is 0. The van der Waals surface area contributed by atoms with Crippen LogP contribution in [0.5, 0.6) is 0 Å². The highest BCUT2D eigenvalue weighted by atomic mass is 32.2. The van der Waals surface area contributed by atoms with Crippen LogP contribution in [0.1, 0.15) is 28.4 Å². The molecular weight excluding hydrogens is 394 g/mol. The van der Waals surface area contributed by atoms with E-state index in [1.807, 2.05) is 6.07 Å². The monoisotopic (exact) mass is 413 g/mol. The number of carbonyl (C=O) groups is 2. The summed E-state index contributed by atoms with van der Waals surface area (Å²) in [5.74, 6) is -0.893. The molecule has 1 fully saturated rings. The molecule has 0 radical (unpaired) electrons. The van der Waals surface area contributed by atoms with E-state index in [0.29, 0.717) is 23.9 Å². The number of pyridine rings is 1. The Morgan fingerprint density at radius 2 is 1.79 bits per heavy atom. The zero-order valence-corrected chi connectivity index (χ0v) is 16.3. The largest absolute Gasteiger partial charge is 0.340 e. The van der Waals surface area contributed by atoms with Crippen molar-refractivity contribution in [3.63, 3.8) is 0 Å². The zero-order chi connectivity index (χ0) is 20.3. The van der Waals surface area contributed by atoms with Gasteiger partial charge >= 0.3 is 0 Å². The Balaban J connectivity index is 1.38. The normalized spacial score (nSPS) is 24.2. The van der Waals surface area contributed by atoms with E-state index >= 15 is 0 Å². The SMILES string of the molecule is O=C(CN1C(=O)c2ccccc2S1(=O)=O)N1C[C@H]2C[C@H](C1)c1cccc(=O)n1C2. The molecule has 1 aromatic carbocycles. The summed E-state index contributed by atoms with van der Waals surface area (Å²) in [6.45, 7) is 0.900. The Kier molecular flexibility index (Phi) is 3.92. The van der Waals surface area contributed by atoms with Gasteiger partial charge in [-0.25, -0.2) is 12.7 Å². The molecule has 1 saturated heterocycles. The minimum absolute atomic E-state index is 0.0310. The van der Waals surface area contributed by atoms with Crippen molar-refractivity contribution >= 4 is 21.8 Å². The Bertz CT molecular complexity index is 1200. The van der Waals surface area contributed by atoms with Gasteiger partial charge in [-0.1, -0.05) is 18.2 Å². The quantitative estimate of drug-likeness (QED) is 0.720. The van der Waals surface area contributed by atoms with Gasteiger partial charge in [0.1, 0.15) is 11.4 Å². The van der Waals surface area contributed by atoms with E-state index in [0.717, 1.165) is 12.1 Å². The summed E-state index contributed by atoms with van der Waals surface area (Å²) in [7, 11) is -4.01. The van der Waals surface area contributed by atoms with E-state index in [4.69, 9.17) is 0 Å². The van der Waals surface area contributed by atoms with Gasteiger partial charge in [0.2, 0.25) is 5.91 Å². The lowest BCUT2D eigenvalue weighted by atomic mass is 9.83. The van der Waals surface area contributed by atoms with E-state index in [-0.39, 0.29) is 27.9 Å².